The third kappa shape index (κ3) is 3.35. The fourth-order valence-corrected chi connectivity index (χ4v) is 2.56. The van der Waals surface area contributed by atoms with Crippen molar-refractivity contribution in [2.45, 2.75) is 31.2 Å². The van der Waals surface area contributed by atoms with E-state index in [1.807, 2.05) is 19.1 Å². The van der Waals surface area contributed by atoms with Crippen LogP contribution >= 0.6 is 11.8 Å². The first-order valence-electron chi connectivity index (χ1n) is 5.53. The summed E-state index contributed by atoms with van der Waals surface area (Å²) in [5, 5.41) is 1.04. The average Bonchev–Trinajstić information content (AvgIpc) is 2.73. The first kappa shape index (κ1) is 12.2. The molecule has 2 N–H and O–H groups in total. The lowest BCUT2D eigenvalue weighted by Gasteiger charge is -2.02. The van der Waals surface area contributed by atoms with Crippen LogP contribution in [0.1, 0.15) is 22.8 Å². The van der Waals surface area contributed by atoms with Crippen LogP contribution in [-0.2, 0) is 12.3 Å². The molecule has 2 rings (SSSR count). The molecule has 0 amide bonds. The highest BCUT2D eigenvalue weighted by Crippen LogP contribution is 2.23. The van der Waals surface area contributed by atoms with Crippen molar-refractivity contribution in [2.24, 2.45) is 5.73 Å². The molecule has 17 heavy (non-hydrogen) atoms. The molecule has 0 bridgehead atoms. The van der Waals surface area contributed by atoms with Gasteiger partial charge in [0, 0.05) is 5.69 Å². The Kier molecular flexibility index (Phi) is 3.86. The second-order valence-corrected chi connectivity index (χ2v) is 4.98. The minimum absolute atomic E-state index is 0.451. The molecule has 0 atom stereocenters. The monoisotopic (exact) mass is 248 g/mol. The van der Waals surface area contributed by atoms with Gasteiger partial charge >= 0.3 is 0 Å². The first-order valence-corrected chi connectivity index (χ1v) is 6.51. The SMILES string of the molecule is Cc1cc(C)nc(SCc2ccc(CN)o2)c1. The lowest BCUT2D eigenvalue weighted by molar-refractivity contribution is 0.482. The summed E-state index contributed by atoms with van der Waals surface area (Å²) in [6, 6.07) is 8.05. The van der Waals surface area contributed by atoms with Crippen molar-refractivity contribution in [3.05, 3.63) is 47.0 Å². The van der Waals surface area contributed by atoms with Gasteiger partial charge in [-0.1, -0.05) is 11.8 Å². The zero-order valence-electron chi connectivity index (χ0n) is 10.1. The van der Waals surface area contributed by atoms with Gasteiger partial charge in [0.15, 0.2) is 0 Å². The van der Waals surface area contributed by atoms with Crippen molar-refractivity contribution in [2.75, 3.05) is 0 Å². The minimum Gasteiger partial charge on any atom is -0.464 e. The largest absolute Gasteiger partial charge is 0.464 e. The lowest BCUT2D eigenvalue weighted by Crippen LogP contribution is -1.92. The second-order valence-electron chi connectivity index (χ2n) is 3.98. The highest BCUT2D eigenvalue weighted by atomic mass is 32.2. The normalized spacial score (nSPS) is 10.8. The number of pyridine rings is 1. The van der Waals surface area contributed by atoms with E-state index in [1.165, 1.54) is 5.56 Å². The molecular formula is C13H16N2OS. The van der Waals surface area contributed by atoms with Crippen molar-refractivity contribution < 1.29 is 4.42 Å². The predicted molar refractivity (Wildman–Crippen MR) is 69.9 cm³/mol. The summed E-state index contributed by atoms with van der Waals surface area (Å²) in [4.78, 5) is 4.47. The molecule has 0 aromatic carbocycles. The van der Waals surface area contributed by atoms with Gasteiger partial charge in [-0.05, 0) is 43.7 Å². The van der Waals surface area contributed by atoms with E-state index in [-0.39, 0.29) is 0 Å². The fourth-order valence-electron chi connectivity index (χ4n) is 1.63. The Hall–Kier alpha value is -1.26. The van der Waals surface area contributed by atoms with E-state index >= 15 is 0 Å². The third-order valence-electron chi connectivity index (χ3n) is 2.36. The zero-order chi connectivity index (χ0) is 12.3. The number of thioether (sulfide) groups is 1. The Morgan fingerprint density at radius 2 is 2.00 bits per heavy atom. The summed E-state index contributed by atoms with van der Waals surface area (Å²) in [5.41, 5.74) is 7.79. The van der Waals surface area contributed by atoms with Crippen molar-refractivity contribution >= 4 is 11.8 Å². The van der Waals surface area contributed by atoms with Gasteiger partial charge in [-0.3, -0.25) is 0 Å². The number of rotatable bonds is 4. The Morgan fingerprint density at radius 3 is 2.65 bits per heavy atom. The molecule has 2 aromatic heterocycles. The maximum atomic E-state index is 5.54. The molecule has 0 saturated carbocycles. The van der Waals surface area contributed by atoms with Gasteiger partial charge in [-0.2, -0.15) is 0 Å². The Bertz CT molecular complexity index is 488. The van der Waals surface area contributed by atoms with Gasteiger partial charge in [0.1, 0.15) is 11.5 Å². The molecule has 0 aliphatic rings. The van der Waals surface area contributed by atoms with Gasteiger partial charge in [-0.15, -0.1) is 0 Å². The quantitative estimate of drug-likeness (QED) is 0.845. The van der Waals surface area contributed by atoms with Crippen LogP contribution in [0, 0.1) is 13.8 Å². The summed E-state index contributed by atoms with van der Waals surface area (Å²) in [5.74, 6) is 2.56. The molecular weight excluding hydrogens is 232 g/mol. The molecule has 3 nitrogen and oxygen atoms in total. The molecule has 0 spiro atoms. The van der Waals surface area contributed by atoms with E-state index in [9.17, 15) is 0 Å². The third-order valence-corrected chi connectivity index (χ3v) is 3.29. The standard InChI is InChI=1S/C13H16N2OS/c1-9-5-10(2)15-13(6-9)17-8-12-4-3-11(7-14)16-12/h3-6H,7-8,14H2,1-2H3. The molecule has 0 radical (unpaired) electrons. The molecule has 0 fully saturated rings. The van der Waals surface area contributed by atoms with Crippen LogP contribution < -0.4 is 5.73 Å². The first-order chi connectivity index (χ1) is 8.17. The van der Waals surface area contributed by atoms with Crippen LogP contribution in [0.3, 0.4) is 0 Å². The van der Waals surface area contributed by atoms with Gasteiger partial charge in [0.25, 0.3) is 0 Å². The number of aromatic nitrogens is 1. The van der Waals surface area contributed by atoms with Crippen LogP contribution in [0.2, 0.25) is 0 Å². The van der Waals surface area contributed by atoms with Gasteiger partial charge in [0.05, 0.1) is 17.3 Å². The lowest BCUT2D eigenvalue weighted by atomic mass is 10.3. The average molecular weight is 248 g/mol. The summed E-state index contributed by atoms with van der Waals surface area (Å²) < 4.78 is 5.54. The highest BCUT2D eigenvalue weighted by molar-refractivity contribution is 7.98. The Labute approximate surface area is 105 Å². The molecule has 0 unspecified atom stereocenters. The number of nitrogens with two attached hydrogens (primary N) is 1. The van der Waals surface area contributed by atoms with Crippen LogP contribution in [0.4, 0.5) is 0 Å². The van der Waals surface area contributed by atoms with Crippen LogP contribution in [0.15, 0.2) is 33.7 Å². The van der Waals surface area contributed by atoms with Crippen molar-refractivity contribution in [1.29, 1.82) is 0 Å². The van der Waals surface area contributed by atoms with Crippen LogP contribution in [0.25, 0.3) is 0 Å². The Morgan fingerprint density at radius 1 is 1.24 bits per heavy atom. The zero-order valence-corrected chi connectivity index (χ0v) is 10.9. The van der Waals surface area contributed by atoms with E-state index in [4.69, 9.17) is 10.2 Å². The molecule has 2 heterocycles. The number of furan rings is 1. The van der Waals surface area contributed by atoms with Crippen molar-refractivity contribution in [1.82, 2.24) is 4.98 Å². The molecule has 4 heteroatoms. The number of hydrogen-bond donors (Lipinski definition) is 1. The minimum atomic E-state index is 0.451. The van der Waals surface area contributed by atoms with Crippen molar-refractivity contribution in [3.8, 4) is 0 Å². The van der Waals surface area contributed by atoms with Gasteiger partial charge in [0.2, 0.25) is 0 Å². The Balaban J connectivity index is 2.01. The van der Waals surface area contributed by atoms with Crippen molar-refractivity contribution in [3.63, 3.8) is 0 Å². The maximum Gasteiger partial charge on any atom is 0.117 e. The molecule has 0 aliphatic heterocycles. The summed E-state index contributed by atoms with van der Waals surface area (Å²) in [6.45, 7) is 4.54. The maximum absolute atomic E-state index is 5.54. The van der Waals surface area contributed by atoms with Gasteiger partial charge < -0.3 is 10.2 Å². The summed E-state index contributed by atoms with van der Waals surface area (Å²) in [6.07, 6.45) is 0. The van der Waals surface area contributed by atoms with E-state index in [2.05, 4.69) is 24.0 Å². The summed E-state index contributed by atoms with van der Waals surface area (Å²) >= 11 is 1.68. The molecule has 0 aliphatic carbocycles. The molecule has 0 saturated heterocycles. The number of hydrogen-bond acceptors (Lipinski definition) is 4. The highest BCUT2D eigenvalue weighted by Gasteiger charge is 2.03. The topological polar surface area (TPSA) is 52.0 Å². The summed E-state index contributed by atoms with van der Waals surface area (Å²) in [7, 11) is 0. The number of aryl methyl sites for hydroxylation is 2. The van der Waals surface area contributed by atoms with Crippen LogP contribution in [-0.4, -0.2) is 4.98 Å². The number of nitrogens with zero attached hydrogens (tertiary/aromatic N) is 1. The van der Waals surface area contributed by atoms with E-state index in [1.54, 1.807) is 11.8 Å². The smallest absolute Gasteiger partial charge is 0.117 e. The molecule has 90 valence electrons. The fraction of sp³-hybridized carbons (Fsp3) is 0.308. The van der Waals surface area contributed by atoms with Crippen LogP contribution in [0.5, 0.6) is 0 Å². The predicted octanol–water partition coefficient (Wildman–Crippen LogP) is 3.04. The van der Waals surface area contributed by atoms with Gasteiger partial charge in [-0.25, -0.2) is 4.98 Å². The van der Waals surface area contributed by atoms with E-state index in [0.29, 0.717) is 6.54 Å². The second kappa shape index (κ2) is 5.38. The van der Waals surface area contributed by atoms with E-state index in [0.717, 1.165) is 28.0 Å². The van der Waals surface area contributed by atoms with E-state index < -0.39 is 0 Å². The molecule has 2 aromatic rings.